The van der Waals surface area contributed by atoms with Crippen molar-refractivity contribution in [2.75, 3.05) is 0 Å². The standard InChI is InChI=1S/C14H13NO3/c15-14(17)11-6-2-1-5-10(11)9-18-13-8-4-3-7-12(13)16/h1-8,16H,9H2,(H2,15,17). The molecule has 0 unspecified atom stereocenters. The summed E-state index contributed by atoms with van der Waals surface area (Å²) in [7, 11) is 0. The Kier molecular flexibility index (Phi) is 3.48. The first kappa shape index (κ1) is 12.0. The fourth-order valence-electron chi connectivity index (χ4n) is 1.62. The predicted molar refractivity (Wildman–Crippen MR) is 67.4 cm³/mol. The van der Waals surface area contributed by atoms with Crippen molar-refractivity contribution in [2.24, 2.45) is 5.73 Å². The summed E-state index contributed by atoms with van der Waals surface area (Å²) in [5, 5.41) is 9.55. The van der Waals surface area contributed by atoms with Gasteiger partial charge in [0, 0.05) is 11.1 Å². The number of aromatic hydroxyl groups is 1. The smallest absolute Gasteiger partial charge is 0.249 e. The average molecular weight is 243 g/mol. The number of benzene rings is 2. The van der Waals surface area contributed by atoms with Gasteiger partial charge in [-0.1, -0.05) is 30.3 Å². The fourth-order valence-corrected chi connectivity index (χ4v) is 1.62. The fraction of sp³-hybridized carbons (Fsp3) is 0.0714. The number of primary amides is 1. The third kappa shape index (κ3) is 2.60. The van der Waals surface area contributed by atoms with Crippen LogP contribution in [0.4, 0.5) is 0 Å². The summed E-state index contributed by atoms with van der Waals surface area (Å²) in [4.78, 5) is 11.2. The van der Waals surface area contributed by atoms with Gasteiger partial charge in [0.1, 0.15) is 6.61 Å². The van der Waals surface area contributed by atoms with Crippen molar-refractivity contribution in [3.8, 4) is 11.5 Å². The first-order valence-electron chi connectivity index (χ1n) is 5.47. The number of rotatable bonds is 4. The van der Waals surface area contributed by atoms with Crippen molar-refractivity contribution in [3.63, 3.8) is 0 Å². The van der Waals surface area contributed by atoms with Crippen LogP contribution in [0.25, 0.3) is 0 Å². The van der Waals surface area contributed by atoms with Crippen LogP contribution in [-0.4, -0.2) is 11.0 Å². The number of phenols is 1. The van der Waals surface area contributed by atoms with Gasteiger partial charge in [0.05, 0.1) is 0 Å². The number of amides is 1. The van der Waals surface area contributed by atoms with Gasteiger partial charge in [-0.3, -0.25) is 4.79 Å². The molecule has 3 N–H and O–H groups in total. The van der Waals surface area contributed by atoms with Crippen LogP contribution in [0.5, 0.6) is 11.5 Å². The average Bonchev–Trinajstić information content (AvgIpc) is 2.38. The molecule has 0 aliphatic carbocycles. The summed E-state index contributed by atoms with van der Waals surface area (Å²) >= 11 is 0. The number of carbonyl (C=O) groups is 1. The second-order valence-electron chi connectivity index (χ2n) is 3.78. The van der Waals surface area contributed by atoms with Crippen LogP contribution in [0.3, 0.4) is 0 Å². The molecule has 0 aliphatic rings. The van der Waals surface area contributed by atoms with E-state index in [1.165, 1.54) is 6.07 Å². The van der Waals surface area contributed by atoms with Gasteiger partial charge in [0.25, 0.3) is 0 Å². The van der Waals surface area contributed by atoms with E-state index >= 15 is 0 Å². The Balaban J connectivity index is 2.16. The highest BCUT2D eigenvalue weighted by Crippen LogP contribution is 2.25. The molecule has 0 saturated heterocycles. The van der Waals surface area contributed by atoms with Crippen molar-refractivity contribution in [3.05, 3.63) is 59.7 Å². The predicted octanol–water partition coefficient (Wildman–Crippen LogP) is 2.07. The lowest BCUT2D eigenvalue weighted by Gasteiger charge is -2.10. The van der Waals surface area contributed by atoms with E-state index in [4.69, 9.17) is 10.5 Å². The number of nitrogens with two attached hydrogens (primary N) is 1. The molecule has 0 radical (unpaired) electrons. The van der Waals surface area contributed by atoms with Crippen LogP contribution in [-0.2, 0) is 6.61 Å². The van der Waals surface area contributed by atoms with Crippen LogP contribution >= 0.6 is 0 Å². The van der Waals surface area contributed by atoms with Crippen molar-refractivity contribution in [1.82, 2.24) is 0 Å². The molecular formula is C14H13NO3. The third-order valence-electron chi connectivity index (χ3n) is 2.53. The Morgan fingerprint density at radius 2 is 1.78 bits per heavy atom. The zero-order valence-electron chi connectivity index (χ0n) is 9.67. The minimum absolute atomic E-state index is 0.0639. The lowest BCUT2D eigenvalue weighted by atomic mass is 10.1. The Morgan fingerprint density at radius 3 is 2.50 bits per heavy atom. The molecule has 4 nitrogen and oxygen atoms in total. The zero-order valence-corrected chi connectivity index (χ0v) is 9.67. The maximum Gasteiger partial charge on any atom is 0.249 e. The van der Waals surface area contributed by atoms with Gasteiger partial charge in [0.15, 0.2) is 11.5 Å². The quantitative estimate of drug-likeness (QED) is 0.863. The molecule has 0 atom stereocenters. The molecule has 0 aromatic heterocycles. The molecule has 0 spiro atoms. The highest BCUT2D eigenvalue weighted by Gasteiger charge is 2.08. The van der Waals surface area contributed by atoms with E-state index in [0.29, 0.717) is 16.9 Å². The van der Waals surface area contributed by atoms with Gasteiger partial charge in [-0.2, -0.15) is 0 Å². The molecule has 0 saturated carbocycles. The van der Waals surface area contributed by atoms with Crippen molar-refractivity contribution in [2.45, 2.75) is 6.61 Å². The lowest BCUT2D eigenvalue weighted by molar-refractivity contribution is 0.0998. The SMILES string of the molecule is NC(=O)c1ccccc1COc1ccccc1O. The zero-order chi connectivity index (χ0) is 13.0. The van der Waals surface area contributed by atoms with E-state index in [0.717, 1.165) is 0 Å². The molecule has 2 aromatic rings. The summed E-state index contributed by atoms with van der Waals surface area (Å²) in [6.07, 6.45) is 0. The summed E-state index contributed by atoms with van der Waals surface area (Å²) < 4.78 is 5.46. The highest BCUT2D eigenvalue weighted by atomic mass is 16.5. The number of hydrogen-bond donors (Lipinski definition) is 2. The molecule has 92 valence electrons. The van der Waals surface area contributed by atoms with Gasteiger partial charge in [-0.05, 0) is 18.2 Å². The Hall–Kier alpha value is -2.49. The van der Waals surface area contributed by atoms with Gasteiger partial charge < -0.3 is 15.6 Å². The summed E-state index contributed by atoms with van der Waals surface area (Å²) in [5.41, 5.74) is 6.38. The monoisotopic (exact) mass is 243 g/mol. The van der Waals surface area contributed by atoms with Crippen LogP contribution in [0, 0.1) is 0 Å². The number of hydrogen-bond acceptors (Lipinski definition) is 3. The van der Waals surface area contributed by atoms with Gasteiger partial charge in [-0.25, -0.2) is 0 Å². The lowest BCUT2D eigenvalue weighted by Crippen LogP contribution is -2.14. The van der Waals surface area contributed by atoms with Crippen molar-refractivity contribution in [1.29, 1.82) is 0 Å². The Morgan fingerprint density at radius 1 is 1.11 bits per heavy atom. The molecule has 0 aliphatic heterocycles. The molecule has 2 rings (SSSR count). The second-order valence-corrected chi connectivity index (χ2v) is 3.78. The maximum atomic E-state index is 11.2. The number of para-hydroxylation sites is 2. The second kappa shape index (κ2) is 5.23. The largest absolute Gasteiger partial charge is 0.504 e. The van der Waals surface area contributed by atoms with Gasteiger partial charge >= 0.3 is 0 Å². The number of ether oxygens (including phenoxy) is 1. The van der Waals surface area contributed by atoms with E-state index < -0.39 is 5.91 Å². The highest BCUT2D eigenvalue weighted by molar-refractivity contribution is 5.94. The van der Waals surface area contributed by atoms with E-state index in [-0.39, 0.29) is 12.4 Å². The molecule has 4 heteroatoms. The maximum absolute atomic E-state index is 11.2. The van der Waals surface area contributed by atoms with E-state index in [1.54, 1.807) is 42.5 Å². The molecule has 0 fully saturated rings. The van der Waals surface area contributed by atoms with Gasteiger partial charge in [0.2, 0.25) is 5.91 Å². The Labute approximate surface area is 105 Å². The van der Waals surface area contributed by atoms with Crippen LogP contribution < -0.4 is 10.5 Å². The van der Waals surface area contributed by atoms with Gasteiger partial charge in [-0.15, -0.1) is 0 Å². The number of carbonyl (C=O) groups excluding carboxylic acids is 1. The molecular weight excluding hydrogens is 230 g/mol. The third-order valence-corrected chi connectivity index (χ3v) is 2.53. The van der Waals surface area contributed by atoms with Crippen LogP contribution in [0.15, 0.2) is 48.5 Å². The van der Waals surface area contributed by atoms with Crippen molar-refractivity contribution < 1.29 is 14.6 Å². The van der Waals surface area contributed by atoms with E-state index in [1.807, 2.05) is 0 Å². The van der Waals surface area contributed by atoms with Crippen LogP contribution in [0.1, 0.15) is 15.9 Å². The summed E-state index contributed by atoms with van der Waals surface area (Å²) in [6.45, 7) is 0.177. The normalized spacial score (nSPS) is 10.0. The molecule has 1 amide bonds. The topological polar surface area (TPSA) is 72.6 Å². The first-order chi connectivity index (χ1) is 8.68. The molecule has 2 aromatic carbocycles. The summed E-state index contributed by atoms with van der Waals surface area (Å²) in [6, 6.07) is 13.6. The van der Waals surface area contributed by atoms with E-state index in [9.17, 15) is 9.90 Å². The Bertz CT molecular complexity index is 566. The molecule has 0 bridgehead atoms. The van der Waals surface area contributed by atoms with E-state index in [2.05, 4.69) is 0 Å². The first-order valence-corrected chi connectivity index (χ1v) is 5.47. The molecule has 18 heavy (non-hydrogen) atoms. The minimum Gasteiger partial charge on any atom is -0.504 e. The summed E-state index contributed by atoms with van der Waals surface area (Å²) in [5.74, 6) is -0.0580. The van der Waals surface area contributed by atoms with Crippen molar-refractivity contribution >= 4 is 5.91 Å². The molecule has 0 heterocycles. The minimum atomic E-state index is -0.494. The van der Waals surface area contributed by atoms with Crippen LogP contribution in [0.2, 0.25) is 0 Å². The number of phenolic OH excluding ortho intramolecular Hbond substituents is 1.